The first-order valence-corrected chi connectivity index (χ1v) is 5.37. The van der Waals surface area contributed by atoms with Crippen LogP contribution in [0.25, 0.3) is 0 Å². The Balaban J connectivity index is 2.16. The van der Waals surface area contributed by atoms with E-state index in [1.165, 1.54) is 12.8 Å². The number of hydrogen-bond acceptors (Lipinski definition) is 1. The van der Waals surface area contributed by atoms with E-state index in [1.54, 1.807) is 0 Å². The average molecular weight is 181 g/mol. The number of fused-ring (bicyclic) bond motifs is 1. The topological polar surface area (TPSA) is 20.3 Å². The molecular formula is C11H19NO. The minimum absolute atomic E-state index is 0.361. The Morgan fingerprint density at radius 1 is 1.54 bits per heavy atom. The number of carbonyl (C=O) groups is 1. The molecule has 0 radical (unpaired) electrons. The lowest BCUT2D eigenvalue weighted by Crippen LogP contribution is -2.65. The van der Waals surface area contributed by atoms with Crippen molar-refractivity contribution in [1.29, 1.82) is 0 Å². The van der Waals surface area contributed by atoms with Gasteiger partial charge in [-0.3, -0.25) is 4.79 Å². The molecule has 0 N–H and O–H groups in total. The predicted octanol–water partition coefficient (Wildman–Crippen LogP) is 2.19. The Hall–Kier alpha value is -0.530. The molecule has 2 heterocycles. The summed E-state index contributed by atoms with van der Waals surface area (Å²) in [6, 6.07) is 1.08. The van der Waals surface area contributed by atoms with Gasteiger partial charge in [-0.05, 0) is 24.7 Å². The van der Waals surface area contributed by atoms with E-state index in [9.17, 15) is 4.79 Å². The van der Waals surface area contributed by atoms with E-state index < -0.39 is 0 Å². The standard InChI is InChI=1S/C11H19NO/c1-4-8-5-6-11(2,3)9-7-10(13)12(8)9/h8-9H,4-7H2,1-3H3. The van der Waals surface area contributed by atoms with Gasteiger partial charge in [-0.15, -0.1) is 0 Å². The Morgan fingerprint density at radius 3 is 2.77 bits per heavy atom. The van der Waals surface area contributed by atoms with Gasteiger partial charge in [0.2, 0.25) is 5.91 Å². The Morgan fingerprint density at radius 2 is 2.23 bits per heavy atom. The van der Waals surface area contributed by atoms with E-state index >= 15 is 0 Å². The molecule has 0 aromatic carbocycles. The van der Waals surface area contributed by atoms with Gasteiger partial charge in [-0.2, -0.15) is 0 Å². The van der Waals surface area contributed by atoms with Gasteiger partial charge >= 0.3 is 0 Å². The summed E-state index contributed by atoms with van der Waals surface area (Å²) in [6.07, 6.45) is 4.40. The van der Waals surface area contributed by atoms with Crippen LogP contribution >= 0.6 is 0 Å². The van der Waals surface area contributed by atoms with Crippen LogP contribution in [-0.4, -0.2) is 22.9 Å². The Bertz CT molecular complexity index is 234. The third-order valence-electron chi connectivity index (χ3n) is 3.88. The van der Waals surface area contributed by atoms with Gasteiger partial charge in [0.15, 0.2) is 0 Å². The molecule has 0 saturated carbocycles. The summed E-state index contributed by atoms with van der Waals surface area (Å²) in [5, 5.41) is 0. The monoisotopic (exact) mass is 181 g/mol. The van der Waals surface area contributed by atoms with Gasteiger partial charge in [0.1, 0.15) is 0 Å². The first kappa shape index (κ1) is 9.04. The average Bonchev–Trinajstić information content (AvgIpc) is 2.06. The van der Waals surface area contributed by atoms with Crippen LogP contribution in [0.1, 0.15) is 46.5 Å². The minimum atomic E-state index is 0.361. The third kappa shape index (κ3) is 1.18. The fraction of sp³-hybridized carbons (Fsp3) is 0.909. The highest BCUT2D eigenvalue weighted by atomic mass is 16.2. The second-order valence-electron chi connectivity index (χ2n) is 5.11. The summed E-state index contributed by atoms with van der Waals surface area (Å²) in [5.41, 5.74) is 0.361. The zero-order chi connectivity index (χ0) is 9.64. The fourth-order valence-electron chi connectivity index (χ4n) is 2.79. The lowest BCUT2D eigenvalue weighted by molar-refractivity contribution is -0.164. The molecule has 2 rings (SSSR count). The number of piperidine rings is 1. The van der Waals surface area contributed by atoms with Gasteiger partial charge in [-0.1, -0.05) is 20.8 Å². The zero-order valence-corrected chi connectivity index (χ0v) is 8.84. The van der Waals surface area contributed by atoms with Gasteiger partial charge in [0, 0.05) is 18.5 Å². The van der Waals surface area contributed by atoms with Crippen LogP contribution in [0.15, 0.2) is 0 Å². The molecule has 2 heteroatoms. The molecule has 2 aliphatic heterocycles. The second kappa shape index (κ2) is 2.73. The number of amides is 1. The van der Waals surface area contributed by atoms with E-state index in [4.69, 9.17) is 0 Å². The highest BCUT2D eigenvalue weighted by molar-refractivity contribution is 5.84. The number of hydrogen-bond donors (Lipinski definition) is 0. The van der Waals surface area contributed by atoms with Crippen molar-refractivity contribution in [2.45, 2.75) is 58.5 Å². The molecule has 0 spiro atoms. The van der Waals surface area contributed by atoms with Crippen molar-refractivity contribution >= 4 is 5.91 Å². The van der Waals surface area contributed by atoms with E-state index in [2.05, 4.69) is 25.7 Å². The van der Waals surface area contributed by atoms with Gasteiger partial charge in [0.25, 0.3) is 0 Å². The van der Waals surface area contributed by atoms with Crippen LogP contribution in [0.5, 0.6) is 0 Å². The quantitative estimate of drug-likeness (QED) is 0.568. The maximum atomic E-state index is 11.4. The molecule has 2 unspecified atom stereocenters. The summed E-state index contributed by atoms with van der Waals surface area (Å²) >= 11 is 0. The van der Waals surface area contributed by atoms with Crippen molar-refractivity contribution in [1.82, 2.24) is 4.90 Å². The summed E-state index contributed by atoms with van der Waals surface area (Å²) in [4.78, 5) is 13.6. The van der Waals surface area contributed by atoms with E-state index in [0.29, 0.717) is 23.4 Å². The smallest absolute Gasteiger partial charge is 0.225 e. The lowest BCUT2D eigenvalue weighted by Gasteiger charge is -2.56. The molecule has 2 nitrogen and oxygen atoms in total. The predicted molar refractivity (Wildman–Crippen MR) is 52.3 cm³/mol. The van der Waals surface area contributed by atoms with Crippen LogP contribution in [-0.2, 0) is 4.79 Å². The van der Waals surface area contributed by atoms with Crippen molar-refractivity contribution in [2.24, 2.45) is 5.41 Å². The van der Waals surface area contributed by atoms with Crippen LogP contribution in [0.4, 0.5) is 0 Å². The molecule has 0 bridgehead atoms. The maximum Gasteiger partial charge on any atom is 0.225 e. The van der Waals surface area contributed by atoms with E-state index in [-0.39, 0.29) is 0 Å². The Labute approximate surface area is 80.3 Å². The summed E-state index contributed by atoms with van der Waals surface area (Å²) in [6.45, 7) is 6.78. The fourth-order valence-corrected chi connectivity index (χ4v) is 2.79. The van der Waals surface area contributed by atoms with Crippen molar-refractivity contribution in [3.8, 4) is 0 Å². The minimum Gasteiger partial charge on any atom is -0.336 e. The molecule has 13 heavy (non-hydrogen) atoms. The number of nitrogens with zero attached hydrogens (tertiary/aromatic N) is 1. The highest BCUT2D eigenvalue weighted by Crippen LogP contribution is 2.45. The number of rotatable bonds is 1. The molecule has 0 aromatic heterocycles. The number of carbonyl (C=O) groups excluding carboxylic acids is 1. The molecule has 2 atom stereocenters. The van der Waals surface area contributed by atoms with Crippen molar-refractivity contribution in [2.75, 3.05) is 0 Å². The van der Waals surface area contributed by atoms with E-state index in [0.717, 1.165) is 12.8 Å². The summed E-state index contributed by atoms with van der Waals surface area (Å²) in [5.74, 6) is 0.379. The summed E-state index contributed by atoms with van der Waals surface area (Å²) in [7, 11) is 0. The van der Waals surface area contributed by atoms with Crippen LogP contribution < -0.4 is 0 Å². The maximum absolute atomic E-state index is 11.4. The van der Waals surface area contributed by atoms with Crippen LogP contribution in [0.3, 0.4) is 0 Å². The van der Waals surface area contributed by atoms with Gasteiger partial charge < -0.3 is 4.90 Å². The van der Waals surface area contributed by atoms with Crippen LogP contribution in [0, 0.1) is 5.41 Å². The van der Waals surface area contributed by atoms with Crippen molar-refractivity contribution in [3.05, 3.63) is 0 Å². The molecule has 0 aromatic rings. The van der Waals surface area contributed by atoms with E-state index in [1.807, 2.05) is 0 Å². The molecular weight excluding hydrogens is 162 g/mol. The van der Waals surface area contributed by atoms with Gasteiger partial charge in [0.05, 0.1) is 0 Å². The highest BCUT2D eigenvalue weighted by Gasteiger charge is 2.50. The molecule has 74 valence electrons. The molecule has 2 fully saturated rings. The largest absolute Gasteiger partial charge is 0.336 e. The third-order valence-corrected chi connectivity index (χ3v) is 3.88. The Kier molecular flexibility index (Phi) is 1.90. The van der Waals surface area contributed by atoms with Crippen LogP contribution in [0.2, 0.25) is 0 Å². The van der Waals surface area contributed by atoms with Gasteiger partial charge in [-0.25, -0.2) is 0 Å². The first-order chi connectivity index (χ1) is 6.06. The second-order valence-corrected chi connectivity index (χ2v) is 5.11. The molecule has 1 amide bonds. The normalized spacial score (nSPS) is 36.8. The first-order valence-electron chi connectivity index (χ1n) is 5.37. The number of β-lactam (4-membered cyclic amide) rings is 1. The molecule has 2 aliphatic rings. The summed E-state index contributed by atoms with van der Waals surface area (Å²) < 4.78 is 0. The van der Waals surface area contributed by atoms with Crippen molar-refractivity contribution in [3.63, 3.8) is 0 Å². The SMILES string of the molecule is CCC1CCC(C)(C)C2CC(=O)N12. The zero-order valence-electron chi connectivity index (χ0n) is 8.84. The molecule has 0 aliphatic carbocycles. The lowest BCUT2D eigenvalue weighted by atomic mass is 9.68. The molecule has 2 saturated heterocycles. The van der Waals surface area contributed by atoms with Crippen molar-refractivity contribution < 1.29 is 4.79 Å².